The number of nitrogens with one attached hydrogen (secondary N) is 1. The Kier molecular flexibility index (Phi) is 4.15. The summed E-state index contributed by atoms with van der Waals surface area (Å²) in [5, 5.41) is 13.2. The van der Waals surface area contributed by atoms with Crippen LogP contribution in [0.15, 0.2) is 18.2 Å². The second-order valence-corrected chi connectivity index (χ2v) is 3.87. The van der Waals surface area contributed by atoms with Gasteiger partial charge < -0.3 is 19.9 Å². The zero-order valence-corrected chi connectivity index (χ0v) is 10.2. The van der Waals surface area contributed by atoms with E-state index in [1.165, 1.54) is 0 Å². The Balaban J connectivity index is 3.07. The van der Waals surface area contributed by atoms with Gasteiger partial charge in [-0.05, 0) is 31.7 Å². The first-order chi connectivity index (χ1) is 7.55. The molecule has 0 heterocycles. The highest BCUT2D eigenvalue weighted by molar-refractivity contribution is 5.44. The van der Waals surface area contributed by atoms with E-state index >= 15 is 0 Å². The number of hydrogen-bond donors (Lipinski definition) is 2. The first-order valence-electron chi connectivity index (χ1n) is 5.14. The van der Waals surface area contributed by atoms with E-state index in [1.807, 2.05) is 6.07 Å². The van der Waals surface area contributed by atoms with Gasteiger partial charge in [0.15, 0.2) is 11.5 Å². The van der Waals surface area contributed by atoms with Gasteiger partial charge in [-0.2, -0.15) is 0 Å². The maximum atomic E-state index is 10.2. The molecule has 4 heteroatoms. The Hall–Kier alpha value is -1.26. The molecule has 1 unspecified atom stereocenters. The SMILES string of the molecule is CNCC(C)(O)c1ccc(OC)c(OC)c1. The number of rotatable bonds is 5. The summed E-state index contributed by atoms with van der Waals surface area (Å²) in [6, 6.07) is 5.41. The van der Waals surface area contributed by atoms with E-state index < -0.39 is 5.60 Å². The van der Waals surface area contributed by atoms with Crippen LogP contribution in [0.25, 0.3) is 0 Å². The van der Waals surface area contributed by atoms with Crippen molar-refractivity contribution in [1.82, 2.24) is 5.32 Å². The van der Waals surface area contributed by atoms with Crippen molar-refractivity contribution in [2.24, 2.45) is 0 Å². The smallest absolute Gasteiger partial charge is 0.161 e. The van der Waals surface area contributed by atoms with Crippen LogP contribution in [0, 0.1) is 0 Å². The quantitative estimate of drug-likeness (QED) is 0.788. The van der Waals surface area contributed by atoms with E-state index in [9.17, 15) is 5.11 Å². The van der Waals surface area contributed by atoms with Crippen LogP contribution in [-0.2, 0) is 5.60 Å². The Bertz CT molecular complexity index is 350. The summed E-state index contributed by atoms with van der Waals surface area (Å²) in [7, 11) is 4.97. The van der Waals surface area contributed by atoms with Crippen LogP contribution in [0.4, 0.5) is 0 Å². The molecule has 1 aromatic carbocycles. The zero-order valence-electron chi connectivity index (χ0n) is 10.2. The van der Waals surface area contributed by atoms with Crippen molar-refractivity contribution in [3.63, 3.8) is 0 Å². The summed E-state index contributed by atoms with van der Waals surface area (Å²) < 4.78 is 10.3. The molecule has 0 radical (unpaired) electrons. The van der Waals surface area contributed by atoms with Crippen LogP contribution >= 0.6 is 0 Å². The first kappa shape index (κ1) is 12.8. The largest absolute Gasteiger partial charge is 0.493 e. The molecule has 0 aliphatic carbocycles. The van der Waals surface area contributed by atoms with Crippen LogP contribution < -0.4 is 14.8 Å². The summed E-state index contributed by atoms with van der Waals surface area (Å²) in [5.41, 5.74) is -0.131. The van der Waals surface area contributed by atoms with E-state index in [0.29, 0.717) is 18.0 Å². The van der Waals surface area contributed by atoms with Crippen molar-refractivity contribution in [3.8, 4) is 11.5 Å². The number of methoxy groups -OCH3 is 2. The van der Waals surface area contributed by atoms with E-state index in [-0.39, 0.29) is 0 Å². The van der Waals surface area contributed by atoms with Crippen LogP contribution in [0.3, 0.4) is 0 Å². The highest BCUT2D eigenvalue weighted by atomic mass is 16.5. The second-order valence-electron chi connectivity index (χ2n) is 3.87. The Morgan fingerprint density at radius 2 is 1.88 bits per heavy atom. The minimum atomic E-state index is -0.922. The average Bonchev–Trinajstić information content (AvgIpc) is 2.28. The van der Waals surface area contributed by atoms with Crippen LogP contribution in [0.2, 0.25) is 0 Å². The van der Waals surface area contributed by atoms with Crippen LogP contribution in [0.1, 0.15) is 12.5 Å². The molecule has 2 N–H and O–H groups in total. The minimum Gasteiger partial charge on any atom is -0.493 e. The molecule has 1 rings (SSSR count). The van der Waals surface area contributed by atoms with Gasteiger partial charge >= 0.3 is 0 Å². The Morgan fingerprint density at radius 3 is 2.38 bits per heavy atom. The molecule has 0 fully saturated rings. The Labute approximate surface area is 96.2 Å². The van der Waals surface area contributed by atoms with E-state index in [0.717, 1.165) is 5.56 Å². The van der Waals surface area contributed by atoms with Crippen molar-refractivity contribution in [2.45, 2.75) is 12.5 Å². The maximum absolute atomic E-state index is 10.2. The fourth-order valence-corrected chi connectivity index (χ4v) is 1.62. The summed E-state index contributed by atoms with van der Waals surface area (Å²) in [5.74, 6) is 1.28. The lowest BCUT2D eigenvalue weighted by atomic mass is 9.95. The fourth-order valence-electron chi connectivity index (χ4n) is 1.62. The van der Waals surface area contributed by atoms with Gasteiger partial charge in [-0.3, -0.25) is 0 Å². The predicted molar refractivity (Wildman–Crippen MR) is 63.0 cm³/mol. The van der Waals surface area contributed by atoms with Gasteiger partial charge in [-0.25, -0.2) is 0 Å². The zero-order chi connectivity index (χ0) is 12.2. The average molecular weight is 225 g/mol. The summed E-state index contributed by atoms with van der Waals surface area (Å²) in [4.78, 5) is 0. The predicted octanol–water partition coefficient (Wildman–Crippen LogP) is 1.13. The monoisotopic (exact) mass is 225 g/mol. The van der Waals surface area contributed by atoms with E-state index in [4.69, 9.17) is 9.47 Å². The lowest BCUT2D eigenvalue weighted by molar-refractivity contribution is 0.0589. The lowest BCUT2D eigenvalue weighted by Gasteiger charge is -2.24. The third-order valence-corrected chi connectivity index (χ3v) is 2.53. The summed E-state index contributed by atoms with van der Waals surface area (Å²) in [6.07, 6.45) is 0. The fraction of sp³-hybridized carbons (Fsp3) is 0.500. The van der Waals surface area contributed by atoms with Crippen LogP contribution in [-0.4, -0.2) is 32.9 Å². The number of aliphatic hydroxyl groups is 1. The molecule has 0 aliphatic heterocycles. The third kappa shape index (κ3) is 2.65. The molecule has 4 nitrogen and oxygen atoms in total. The van der Waals surface area contributed by atoms with Crippen molar-refractivity contribution in [1.29, 1.82) is 0 Å². The molecule has 0 saturated carbocycles. The molecule has 0 spiro atoms. The standard InChI is InChI=1S/C12H19NO3/c1-12(14,8-13-2)9-5-6-10(15-3)11(7-9)16-4/h5-7,13-14H,8H2,1-4H3. The van der Waals surface area contributed by atoms with Crippen molar-refractivity contribution in [2.75, 3.05) is 27.8 Å². The second kappa shape index (κ2) is 5.18. The van der Waals surface area contributed by atoms with Gasteiger partial charge in [0.1, 0.15) is 0 Å². The Morgan fingerprint density at radius 1 is 1.25 bits per heavy atom. The molecule has 16 heavy (non-hydrogen) atoms. The van der Waals surface area contributed by atoms with Gasteiger partial charge in [-0.15, -0.1) is 0 Å². The molecule has 0 bridgehead atoms. The molecule has 0 amide bonds. The highest BCUT2D eigenvalue weighted by Crippen LogP contribution is 2.31. The van der Waals surface area contributed by atoms with Gasteiger partial charge in [0.05, 0.1) is 19.8 Å². The summed E-state index contributed by atoms with van der Waals surface area (Å²) >= 11 is 0. The normalized spacial score (nSPS) is 14.3. The summed E-state index contributed by atoms with van der Waals surface area (Å²) in [6.45, 7) is 2.23. The topological polar surface area (TPSA) is 50.7 Å². The van der Waals surface area contributed by atoms with Gasteiger partial charge in [0.25, 0.3) is 0 Å². The van der Waals surface area contributed by atoms with E-state index in [2.05, 4.69) is 5.32 Å². The van der Waals surface area contributed by atoms with Crippen molar-refractivity contribution in [3.05, 3.63) is 23.8 Å². The van der Waals surface area contributed by atoms with E-state index in [1.54, 1.807) is 40.3 Å². The maximum Gasteiger partial charge on any atom is 0.161 e. The van der Waals surface area contributed by atoms with Crippen molar-refractivity contribution < 1.29 is 14.6 Å². The molecular weight excluding hydrogens is 206 g/mol. The van der Waals surface area contributed by atoms with Gasteiger partial charge in [0, 0.05) is 6.54 Å². The number of hydrogen-bond acceptors (Lipinski definition) is 4. The van der Waals surface area contributed by atoms with Crippen molar-refractivity contribution >= 4 is 0 Å². The third-order valence-electron chi connectivity index (χ3n) is 2.53. The molecule has 1 aromatic rings. The minimum absolute atomic E-state index is 0.475. The molecular formula is C12H19NO3. The molecule has 0 aromatic heterocycles. The molecule has 0 saturated heterocycles. The molecule has 0 aliphatic rings. The van der Waals surface area contributed by atoms with Gasteiger partial charge in [-0.1, -0.05) is 6.07 Å². The number of benzene rings is 1. The lowest BCUT2D eigenvalue weighted by Crippen LogP contribution is -2.33. The van der Waals surface area contributed by atoms with Gasteiger partial charge in [0.2, 0.25) is 0 Å². The highest BCUT2D eigenvalue weighted by Gasteiger charge is 2.23. The number of likely N-dealkylation sites (N-methyl/N-ethyl adjacent to an activating group) is 1. The molecule has 1 atom stereocenters. The van der Waals surface area contributed by atoms with Crippen LogP contribution in [0.5, 0.6) is 11.5 Å². The molecule has 90 valence electrons. The number of ether oxygens (including phenoxy) is 2. The first-order valence-corrected chi connectivity index (χ1v) is 5.14.